The first-order valence-electron chi connectivity index (χ1n) is 8.74. The van der Waals surface area contributed by atoms with Crippen molar-refractivity contribution in [3.8, 4) is 17.1 Å². The second-order valence-corrected chi connectivity index (χ2v) is 7.81. The highest BCUT2D eigenvalue weighted by atomic mass is 35.5. The van der Waals surface area contributed by atoms with Gasteiger partial charge in [0.25, 0.3) is 0 Å². The molecule has 5 nitrogen and oxygen atoms in total. The third kappa shape index (κ3) is 3.10. The molecule has 0 spiro atoms. The molecule has 3 aromatic heterocycles. The first-order chi connectivity index (χ1) is 13.7. The number of rotatable bonds is 4. The molecule has 0 fully saturated rings. The number of benzene rings is 2. The number of ether oxygens (including phenoxy) is 1. The van der Waals surface area contributed by atoms with Gasteiger partial charge in [0.1, 0.15) is 23.5 Å². The Labute approximate surface area is 170 Å². The number of fused-ring (bicyclic) bond motifs is 3. The predicted molar refractivity (Wildman–Crippen MR) is 112 cm³/mol. The van der Waals surface area contributed by atoms with Crippen LogP contribution < -0.4 is 4.74 Å². The summed E-state index contributed by atoms with van der Waals surface area (Å²) in [5, 5.41) is 8.21. The van der Waals surface area contributed by atoms with E-state index in [-0.39, 0.29) is 0 Å². The average molecular weight is 407 g/mol. The minimum absolute atomic E-state index is 0.446. The summed E-state index contributed by atoms with van der Waals surface area (Å²) in [6.07, 6.45) is 1.71. The summed E-state index contributed by atoms with van der Waals surface area (Å²) < 4.78 is 7.59. The lowest BCUT2D eigenvalue weighted by Crippen LogP contribution is -1.96. The molecule has 2 aromatic carbocycles. The van der Waals surface area contributed by atoms with E-state index in [1.165, 1.54) is 0 Å². The zero-order chi connectivity index (χ0) is 19.1. The summed E-state index contributed by atoms with van der Waals surface area (Å²) in [6, 6.07) is 15.8. The van der Waals surface area contributed by atoms with Gasteiger partial charge < -0.3 is 4.74 Å². The second-order valence-electron chi connectivity index (χ2n) is 6.51. The Bertz CT molecular complexity index is 1290. The normalized spacial score (nSPS) is 11.4. The molecule has 0 radical (unpaired) electrons. The first-order valence-corrected chi connectivity index (χ1v) is 10.00. The number of nitrogens with zero attached hydrogens (tertiary/aromatic N) is 4. The molecular formula is C21H15ClN4OS. The van der Waals surface area contributed by atoms with Crippen LogP contribution in [0.25, 0.3) is 27.3 Å². The maximum absolute atomic E-state index is 6.19. The van der Waals surface area contributed by atoms with Crippen molar-refractivity contribution < 1.29 is 4.74 Å². The predicted octanol–water partition coefficient (Wildman–Crippen LogP) is 5.55. The van der Waals surface area contributed by atoms with Gasteiger partial charge in [0, 0.05) is 5.56 Å². The van der Waals surface area contributed by atoms with Crippen LogP contribution in [0.15, 0.2) is 60.2 Å². The van der Waals surface area contributed by atoms with Crippen LogP contribution in [-0.4, -0.2) is 19.6 Å². The number of aromatic nitrogens is 4. The molecule has 0 bridgehead atoms. The third-order valence-corrected chi connectivity index (χ3v) is 5.63. The number of aryl methyl sites for hydroxylation is 1. The molecule has 0 atom stereocenters. The van der Waals surface area contributed by atoms with Crippen LogP contribution in [-0.2, 0) is 6.61 Å². The molecule has 0 unspecified atom stereocenters. The van der Waals surface area contributed by atoms with Gasteiger partial charge in [-0.1, -0.05) is 41.9 Å². The van der Waals surface area contributed by atoms with Crippen LogP contribution >= 0.6 is 22.9 Å². The van der Waals surface area contributed by atoms with Gasteiger partial charge in [-0.05, 0) is 41.6 Å². The van der Waals surface area contributed by atoms with Gasteiger partial charge in [0.15, 0.2) is 11.5 Å². The molecule has 0 saturated heterocycles. The van der Waals surface area contributed by atoms with Crippen molar-refractivity contribution in [2.75, 3.05) is 0 Å². The highest BCUT2D eigenvalue weighted by molar-refractivity contribution is 7.16. The maximum atomic E-state index is 6.19. The van der Waals surface area contributed by atoms with Crippen molar-refractivity contribution in [2.45, 2.75) is 13.5 Å². The van der Waals surface area contributed by atoms with Crippen LogP contribution in [0.5, 0.6) is 5.75 Å². The molecule has 0 aliphatic carbocycles. The molecule has 7 heteroatoms. The molecule has 138 valence electrons. The Kier molecular flexibility index (Phi) is 4.22. The molecule has 0 N–H and O–H groups in total. The lowest BCUT2D eigenvalue weighted by molar-refractivity contribution is 0.306. The number of halogens is 1. The molecule has 3 heterocycles. The highest BCUT2D eigenvalue weighted by Gasteiger charge is 2.11. The summed E-state index contributed by atoms with van der Waals surface area (Å²) in [5.41, 5.74) is 3.93. The van der Waals surface area contributed by atoms with Crippen LogP contribution in [0.3, 0.4) is 0 Å². The van der Waals surface area contributed by atoms with E-state index in [0.29, 0.717) is 23.2 Å². The SMILES string of the molecule is Cc1ccc(Cl)c(OCc2ccc(-c3nc4c5ccsc5ncn4n3)cc2)c1. The van der Waals surface area contributed by atoms with E-state index in [0.717, 1.165) is 32.6 Å². The lowest BCUT2D eigenvalue weighted by atomic mass is 10.1. The van der Waals surface area contributed by atoms with E-state index in [9.17, 15) is 0 Å². The maximum Gasteiger partial charge on any atom is 0.182 e. The van der Waals surface area contributed by atoms with Gasteiger partial charge in [-0.3, -0.25) is 0 Å². The van der Waals surface area contributed by atoms with Gasteiger partial charge in [0.05, 0.1) is 10.4 Å². The summed E-state index contributed by atoms with van der Waals surface area (Å²) in [7, 11) is 0. The molecular weight excluding hydrogens is 392 g/mol. The van der Waals surface area contributed by atoms with Gasteiger partial charge in [-0.2, -0.15) is 0 Å². The Hall–Kier alpha value is -2.96. The topological polar surface area (TPSA) is 52.3 Å². The zero-order valence-corrected chi connectivity index (χ0v) is 16.5. The Balaban J connectivity index is 1.39. The van der Waals surface area contributed by atoms with Gasteiger partial charge in [-0.15, -0.1) is 16.4 Å². The number of hydrogen-bond acceptors (Lipinski definition) is 5. The first kappa shape index (κ1) is 17.2. The monoisotopic (exact) mass is 406 g/mol. The van der Waals surface area contributed by atoms with Crippen molar-refractivity contribution in [3.05, 3.63) is 76.4 Å². The van der Waals surface area contributed by atoms with Gasteiger partial charge in [-0.25, -0.2) is 14.5 Å². The largest absolute Gasteiger partial charge is 0.487 e. The quantitative estimate of drug-likeness (QED) is 0.393. The zero-order valence-electron chi connectivity index (χ0n) is 15.0. The van der Waals surface area contributed by atoms with E-state index < -0.39 is 0 Å². The molecule has 0 aliphatic heterocycles. The fraction of sp³-hybridized carbons (Fsp3) is 0.0952. The minimum atomic E-state index is 0.446. The number of thiophene rings is 1. The fourth-order valence-electron chi connectivity index (χ4n) is 3.02. The summed E-state index contributed by atoms with van der Waals surface area (Å²) >= 11 is 7.79. The van der Waals surface area contributed by atoms with Crippen molar-refractivity contribution in [2.24, 2.45) is 0 Å². The molecule has 28 heavy (non-hydrogen) atoms. The van der Waals surface area contributed by atoms with Crippen LogP contribution in [0.2, 0.25) is 5.02 Å². The van der Waals surface area contributed by atoms with E-state index >= 15 is 0 Å². The number of hydrogen-bond donors (Lipinski definition) is 0. The molecule has 0 saturated carbocycles. The Morgan fingerprint density at radius 1 is 1.11 bits per heavy atom. The fourth-order valence-corrected chi connectivity index (χ4v) is 3.92. The second kappa shape index (κ2) is 6.89. The van der Waals surface area contributed by atoms with E-state index in [4.69, 9.17) is 21.3 Å². The summed E-state index contributed by atoms with van der Waals surface area (Å²) in [4.78, 5) is 10.1. The van der Waals surface area contributed by atoms with Crippen molar-refractivity contribution in [3.63, 3.8) is 0 Å². The van der Waals surface area contributed by atoms with E-state index in [1.807, 2.05) is 60.8 Å². The summed E-state index contributed by atoms with van der Waals surface area (Å²) in [6.45, 7) is 2.46. The standard InChI is InChI=1S/C21H15ClN4OS/c1-13-2-7-17(22)18(10-13)27-11-14-3-5-15(6-4-14)19-24-20-16-8-9-28-21(16)23-12-26(20)25-19/h2-10,12H,11H2,1H3. The van der Waals surface area contributed by atoms with Crippen molar-refractivity contribution in [1.29, 1.82) is 0 Å². The molecule has 0 amide bonds. The van der Waals surface area contributed by atoms with Gasteiger partial charge >= 0.3 is 0 Å². The van der Waals surface area contributed by atoms with Crippen molar-refractivity contribution in [1.82, 2.24) is 19.6 Å². The Morgan fingerprint density at radius 3 is 2.82 bits per heavy atom. The van der Waals surface area contributed by atoms with E-state index in [1.54, 1.807) is 22.2 Å². The lowest BCUT2D eigenvalue weighted by Gasteiger charge is -2.09. The highest BCUT2D eigenvalue weighted by Crippen LogP contribution is 2.27. The van der Waals surface area contributed by atoms with Crippen LogP contribution in [0, 0.1) is 6.92 Å². The van der Waals surface area contributed by atoms with Gasteiger partial charge in [0.2, 0.25) is 0 Å². The average Bonchev–Trinajstić information content (AvgIpc) is 3.35. The van der Waals surface area contributed by atoms with Crippen LogP contribution in [0.4, 0.5) is 0 Å². The molecule has 0 aliphatic rings. The minimum Gasteiger partial charge on any atom is -0.487 e. The molecule has 5 aromatic rings. The molecule has 5 rings (SSSR count). The van der Waals surface area contributed by atoms with Crippen molar-refractivity contribution >= 4 is 38.8 Å². The Morgan fingerprint density at radius 2 is 1.96 bits per heavy atom. The third-order valence-electron chi connectivity index (χ3n) is 4.49. The summed E-state index contributed by atoms with van der Waals surface area (Å²) in [5.74, 6) is 1.37. The smallest absolute Gasteiger partial charge is 0.182 e. The van der Waals surface area contributed by atoms with E-state index in [2.05, 4.69) is 10.1 Å². The van der Waals surface area contributed by atoms with Crippen LogP contribution in [0.1, 0.15) is 11.1 Å².